The number of rotatable bonds is 12. The number of aromatic nitrogens is 3. The predicted molar refractivity (Wildman–Crippen MR) is 175 cm³/mol. The summed E-state index contributed by atoms with van der Waals surface area (Å²) in [4.78, 5) is 40.1. The number of carboxylic acid groups (broad SMARTS) is 1. The molecule has 2 amide bonds. The summed E-state index contributed by atoms with van der Waals surface area (Å²) in [6.07, 6.45) is -0.145. The number of carboxylic acids is 1. The number of aryl methyl sites for hydroxylation is 1. The molecule has 5 rings (SSSR count). The molecule has 0 atom stereocenters. The van der Waals surface area contributed by atoms with Crippen LogP contribution in [0.1, 0.15) is 17.5 Å². The summed E-state index contributed by atoms with van der Waals surface area (Å²) >= 11 is 0. The standard InChI is InChI=1S/C34H33N7O4/c1-23-16-18-24(19-17-23)22-41(21-20-30(42)43)33-38-31(35-27-13-7-6-12-26(27)25-10-4-3-5-11-25)37-32(39-33)40-34(44)36-28-14-8-9-15-29(28)45-2/h3-19H,20-22H2,1-2H3,(H,42,43)(H3,35,36,37,38,39,40,44). The van der Waals surface area contributed by atoms with E-state index < -0.39 is 12.0 Å². The second-order valence-electron chi connectivity index (χ2n) is 10.1. The Morgan fingerprint density at radius 2 is 1.44 bits per heavy atom. The highest BCUT2D eigenvalue weighted by Crippen LogP contribution is 2.30. The summed E-state index contributed by atoms with van der Waals surface area (Å²) in [6.45, 7) is 2.46. The fourth-order valence-corrected chi connectivity index (χ4v) is 4.60. The summed E-state index contributed by atoms with van der Waals surface area (Å²) < 4.78 is 5.34. The van der Waals surface area contributed by atoms with Gasteiger partial charge in [0.2, 0.25) is 17.8 Å². The van der Waals surface area contributed by atoms with E-state index in [2.05, 4.69) is 30.9 Å². The fourth-order valence-electron chi connectivity index (χ4n) is 4.60. The van der Waals surface area contributed by atoms with Gasteiger partial charge in [0.15, 0.2) is 0 Å². The number of carbonyl (C=O) groups is 2. The van der Waals surface area contributed by atoms with Crippen molar-refractivity contribution < 1.29 is 19.4 Å². The third-order valence-electron chi connectivity index (χ3n) is 6.83. The summed E-state index contributed by atoms with van der Waals surface area (Å²) in [5.41, 5.74) is 5.16. The van der Waals surface area contributed by atoms with Crippen LogP contribution in [0.25, 0.3) is 11.1 Å². The minimum atomic E-state index is -0.956. The SMILES string of the molecule is COc1ccccc1NC(=O)Nc1nc(Nc2ccccc2-c2ccccc2)nc(N(CCC(=O)O)Cc2ccc(C)cc2)n1. The van der Waals surface area contributed by atoms with E-state index in [0.717, 1.165) is 27.9 Å². The van der Waals surface area contributed by atoms with Crippen LogP contribution in [0.2, 0.25) is 0 Å². The molecule has 0 bridgehead atoms. The molecule has 228 valence electrons. The molecular weight excluding hydrogens is 570 g/mol. The molecule has 0 fully saturated rings. The maximum atomic E-state index is 13.1. The maximum Gasteiger partial charge on any atom is 0.326 e. The van der Waals surface area contributed by atoms with E-state index >= 15 is 0 Å². The van der Waals surface area contributed by atoms with Gasteiger partial charge < -0.3 is 25.4 Å². The number of carbonyl (C=O) groups excluding carboxylic acids is 1. The zero-order valence-corrected chi connectivity index (χ0v) is 24.9. The van der Waals surface area contributed by atoms with Crippen molar-refractivity contribution in [3.8, 4) is 16.9 Å². The fraction of sp³-hybridized carbons (Fsp3) is 0.147. The molecule has 0 radical (unpaired) electrons. The average molecular weight is 604 g/mol. The smallest absolute Gasteiger partial charge is 0.326 e. The number of hydrogen-bond acceptors (Lipinski definition) is 8. The minimum absolute atomic E-state index is 0.0312. The molecule has 0 aliphatic rings. The summed E-state index contributed by atoms with van der Waals surface area (Å²) in [5.74, 6) is -0.139. The molecule has 4 N–H and O–H groups in total. The summed E-state index contributed by atoms with van der Waals surface area (Å²) in [6, 6.07) is 31.9. The van der Waals surface area contributed by atoms with E-state index in [0.29, 0.717) is 18.0 Å². The number of benzene rings is 4. The van der Waals surface area contributed by atoms with Gasteiger partial charge in [0.1, 0.15) is 5.75 Å². The molecule has 0 saturated heterocycles. The molecule has 0 aliphatic heterocycles. The number of amides is 2. The van der Waals surface area contributed by atoms with Gasteiger partial charge >= 0.3 is 12.0 Å². The number of nitrogens with zero attached hydrogens (tertiary/aromatic N) is 4. The van der Waals surface area contributed by atoms with E-state index in [1.807, 2.05) is 85.8 Å². The highest BCUT2D eigenvalue weighted by atomic mass is 16.5. The van der Waals surface area contributed by atoms with Gasteiger partial charge in [0.05, 0.1) is 19.2 Å². The highest BCUT2D eigenvalue weighted by molar-refractivity contribution is 5.99. The molecule has 0 unspecified atom stereocenters. The van der Waals surface area contributed by atoms with Gasteiger partial charge in [-0.1, -0.05) is 90.5 Å². The number of ether oxygens (including phenoxy) is 1. The Morgan fingerprint density at radius 1 is 0.778 bits per heavy atom. The Morgan fingerprint density at radius 3 is 2.18 bits per heavy atom. The molecule has 0 aliphatic carbocycles. The monoisotopic (exact) mass is 603 g/mol. The Bertz CT molecular complexity index is 1760. The summed E-state index contributed by atoms with van der Waals surface area (Å²) in [5, 5.41) is 18.2. The van der Waals surface area contributed by atoms with Crippen molar-refractivity contribution in [2.75, 3.05) is 34.5 Å². The number of nitrogens with one attached hydrogen (secondary N) is 3. The van der Waals surface area contributed by atoms with E-state index in [1.165, 1.54) is 7.11 Å². The highest BCUT2D eigenvalue weighted by Gasteiger charge is 2.18. The Labute approximate surface area is 261 Å². The first-order chi connectivity index (χ1) is 21.9. The van der Waals surface area contributed by atoms with Gasteiger partial charge in [-0.3, -0.25) is 10.1 Å². The van der Waals surface area contributed by atoms with Crippen LogP contribution >= 0.6 is 0 Å². The zero-order chi connectivity index (χ0) is 31.6. The topological polar surface area (TPSA) is 142 Å². The molecule has 0 spiro atoms. The van der Waals surface area contributed by atoms with Crippen molar-refractivity contribution in [2.45, 2.75) is 19.9 Å². The lowest BCUT2D eigenvalue weighted by Crippen LogP contribution is -2.29. The van der Waals surface area contributed by atoms with Crippen molar-refractivity contribution in [2.24, 2.45) is 0 Å². The van der Waals surface area contributed by atoms with Crippen LogP contribution in [0, 0.1) is 6.92 Å². The third-order valence-corrected chi connectivity index (χ3v) is 6.83. The molecule has 45 heavy (non-hydrogen) atoms. The molecule has 11 heteroatoms. The van der Waals surface area contributed by atoms with Crippen LogP contribution < -0.4 is 25.6 Å². The number of para-hydroxylation sites is 3. The first kappa shape index (κ1) is 30.5. The van der Waals surface area contributed by atoms with Gasteiger partial charge in [0, 0.05) is 24.3 Å². The molecular formula is C34H33N7O4. The van der Waals surface area contributed by atoms with Gasteiger partial charge in [-0.15, -0.1) is 0 Å². The molecule has 1 aromatic heterocycles. The van der Waals surface area contributed by atoms with Gasteiger partial charge in [-0.2, -0.15) is 15.0 Å². The van der Waals surface area contributed by atoms with Crippen LogP contribution in [0.4, 0.5) is 34.0 Å². The van der Waals surface area contributed by atoms with Crippen molar-refractivity contribution in [3.63, 3.8) is 0 Å². The first-order valence-corrected chi connectivity index (χ1v) is 14.3. The van der Waals surface area contributed by atoms with Crippen molar-refractivity contribution >= 4 is 41.2 Å². The summed E-state index contributed by atoms with van der Waals surface area (Å²) in [7, 11) is 1.52. The van der Waals surface area contributed by atoms with E-state index in [-0.39, 0.29) is 30.8 Å². The van der Waals surface area contributed by atoms with Crippen molar-refractivity contribution in [3.05, 3.63) is 114 Å². The second kappa shape index (κ2) is 14.5. The van der Waals surface area contributed by atoms with E-state index in [9.17, 15) is 14.7 Å². The Kier molecular flexibility index (Phi) is 9.80. The Balaban J connectivity index is 1.51. The van der Waals surface area contributed by atoms with Crippen LogP contribution in [-0.2, 0) is 11.3 Å². The lowest BCUT2D eigenvalue weighted by atomic mass is 10.0. The predicted octanol–water partition coefficient (Wildman–Crippen LogP) is 6.72. The molecule has 11 nitrogen and oxygen atoms in total. The normalized spacial score (nSPS) is 10.5. The first-order valence-electron chi connectivity index (χ1n) is 14.3. The van der Waals surface area contributed by atoms with Crippen LogP contribution in [-0.4, -0.2) is 45.7 Å². The minimum Gasteiger partial charge on any atom is -0.495 e. The third kappa shape index (κ3) is 8.32. The van der Waals surface area contributed by atoms with Crippen molar-refractivity contribution in [1.29, 1.82) is 0 Å². The van der Waals surface area contributed by atoms with E-state index in [1.54, 1.807) is 29.2 Å². The maximum absolute atomic E-state index is 13.1. The van der Waals surface area contributed by atoms with Crippen LogP contribution in [0.5, 0.6) is 5.75 Å². The number of anilines is 5. The Hall–Kier alpha value is -5.97. The van der Waals surface area contributed by atoms with Crippen LogP contribution in [0.15, 0.2) is 103 Å². The number of hydrogen-bond donors (Lipinski definition) is 4. The zero-order valence-electron chi connectivity index (χ0n) is 24.9. The molecule has 4 aromatic carbocycles. The average Bonchev–Trinajstić information content (AvgIpc) is 3.04. The molecule has 5 aromatic rings. The van der Waals surface area contributed by atoms with Crippen molar-refractivity contribution in [1.82, 2.24) is 15.0 Å². The quantitative estimate of drug-likeness (QED) is 0.122. The van der Waals surface area contributed by atoms with Gasteiger partial charge in [-0.25, -0.2) is 4.79 Å². The number of methoxy groups -OCH3 is 1. The number of aliphatic carboxylic acids is 1. The second-order valence-corrected chi connectivity index (χ2v) is 10.1. The molecule has 1 heterocycles. The largest absolute Gasteiger partial charge is 0.495 e. The molecule has 0 saturated carbocycles. The van der Waals surface area contributed by atoms with Gasteiger partial charge in [-0.05, 0) is 36.2 Å². The van der Waals surface area contributed by atoms with Gasteiger partial charge in [0.25, 0.3) is 0 Å². The van der Waals surface area contributed by atoms with Crippen LogP contribution in [0.3, 0.4) is 0 Å². The lowest BCUT2D eigenvalue weighted by molar-refractivity contribution is -0.136. The lowest BCUT2D eigenvalue weighted by Gasteiger charge is -2.23. The number of urea groups is 1. The van der Waals surface area contributed by atoms with E-state index in [4.69, 9.17) is 4.74 Å².